The average Bonchev–Trinajstić information content (AvgIpc) is 2.59. The molecular formula is C17H21N3O3. The molecule has 1 aromatic carbocycles. The van der Waals surface area contributed by atoms with E-state index in [9.17, 15) is 9.59 Å². The van der Waals surface area contributed by atoms with Crippen LogP contribution in [0.1, 0.15) is 28.9 Å². The first-order chi connectivity index (χ1) is 11.1. The van der Waals surface area contributed by atoms with Crippen LogP contribution in [0.15, 0.2) is 47.3 Å². The van der Waals surface area contributed by atoms with Crippen LogP contribution in [0, 0.1) is 0 Å². The zero-order chi connectivity index (χ0) is 16.7. The van der Waals surface area contributed by atoms with Gasteiger partial charge in [0.25, 0.3) is 11.5 Å². The Morgan fingerprint density at radius 2 is 2.00 bits per heavy atom. The number of nitrogens with zero attached hydrogens (tertiary/aromatic N) is 2. The van der Waals surface area contributed by atoms with E-state index in [1.807, 2.05) is 37.3 Å². The number of nitrogens with one attached hydrogen (secondary N) is 1. The fourth-order valence-corrected chi connectivity index (χ4v) is 2.14. The minimum absolute atomic E-state index is 0.194. The summed E-state index contributed by atoms with van der Waals surface area (Å²) < 4.78 is 6.16. The monoisotopic (exact) mass is 315 g/mol. The molecule has 6 nitrogen and oxygen atoms in total. The molecule has 0 aliphatic rings. The Hall–Kier alpha value is -2.47. The van der Waals surface area contributed by atoms with Crippen LogP contribution in [0.4, 0.5) is 0 Å². The van der Waals surface area contributed by atoms with Gasteiger partial charge in [0, 0.05) is 19.7 Å². The maximum absolute atomic E-state index is 12.2. The predicted molar refractivity (Wildman–Crippen MR) is 87.6 cm³/mol. The molecule has 1 amide bonds. The molecule has 1 N–H and O–H groups in total. The van der Waals surface area contributed by atoms with Gasteiger partial charge in [-0.25, -0.2) is 4.68 Å². The summed E-state index contributed by atoms with van der Waals surface area (Å²) in [6, 6.07) is 12.7. The summed E-state index contributed by atoms with van der Waals surface area (Å²) in [7, 11) is 1.55. The molecule has 2 rings (SSSR count). The molecule has 0 spiro atoms. The number of carbonyl (C=O) groups excluding carboxylic acids is 1. The van der Waals surface area contributed by atoms with E-state index in [2.05, 4.69) is 10.4 Å². The van der Waals surface area contributed by atoms with Crippen LogP contribution in [0.5, 0.6) is 0 Å². The van der Waals surface area contributed by atoms with Gasteiger partial charge in [-0.15, -0.1) is 0 Å². The minimum Gasteiger partial charge on any atom is -0.383 e. The van der Waals surface area contributed by atoms with Crippen LogP contribution in [-0.4, -0.2) is 35.9 Å². The molecule has 2 aromatic rings. The number of aromatic nitrogens is 2. The fourth-order valence-electron chi connectivity index (χ4n) is 2.14. The lowest BCUT2D eigenvalue weighted by atomic mass is 10.0. The van der Waals surface area contributed by atoms with E-state index in [1.165, 1.54) is 16.8 Å². The number of benzene rings is 1. The average molecular weight is 315 g/mol. The Bertz CT molecular complexity index is 698. The van der Waals surface area contributed by atoms with Crippen molar-refractivity contribution in [3.05, 3.63) is 64.1 Å². The van der Waals surface area contributed by atoms with Gasteiger partial charge >= 0.3 is 0 Å². The topological polar surface area (TPSA) is 73.2 Å². The van der Waals surface area contributed by atoms with Gasteiger partial charge in [-0.1, -0.05) is 37.3 Å². The molecule has 1 aromatic heterocycles. The number of methoxy groups -OCH3 is 1. The SMILES string of the molecule is COCCn1nc(C(=O)NC[C@@H](C)c2ccccc2)ccc1=O. The lowest BCUT2D eigenvalue weighted by Crippen LogP contribution is -2.32. The maximum atomic E-state index is 12.2. The summed E-state index contributed by atoms with van der Waals surface area (Å²) in [5, 5.41) is 6.92. The van der Waals surface area contributed by atoms with Gasteiger partial charge in [-0.05, 0) is 17.5 Å². The van der Waals surface area contributed by atoms with Crippen molar-refractivity contribution >= 4 is 5.91 Å². The zero-order valence-electron chi connectivity index (χ0n) is 13.4. The first-order valence-electron chi connectivity index (χ1n) is 7.52. The fraction of sp³-hybridized carbons (Fsp3) is 0.353. The van der Waals surface area contributed by atoms with E-state index >= 15 is 0 Å². The molecule has 23 heavy (non-hydrogen) atoms. The number of carbonyl (C=O) groups is 1. The number of ether oxygens (including phenoxy) is 1. The van der Waals surface area contributed by atoms with Crippen LogP contribution in [0.2, 0.25) is 0 Å². The van der Waals surface area contributed by atoms with E-state index in [1.54, 1.807) is 7.11 Å². The molecule has 0 fully saturated rings. The molecule has 0 bridgehead atoms. The van der Waals surface area contributed by atoms with Gasteiger partial charge in [0.1, 0.15) is 5.69 Å². The molecule has 0 radical (unpaired) electrons. The third-order valence-corrected chi connectivity index (χ3v) is 3.54. The van der Waals surface area contributed by atoms with Crippen LogP contribution in [0.3, 0.4) is 0 Å². The van der Waals surface area contributed by atoms with Crippen LogP contribution in [0.25, 0.3) is 0 Å². The predicted octanol–water partition coefficient (Wildman–Crippen LogP) is 1.42. The van der Waals surface area contributed by atoms with E-state index in [0.29, 0.717) is 19.7 Å². The third kappa shape index (κ3) is 4.75. The zero-order valence-corrected chi connectivity index (χ0v) is 13.4. The van der Waals surface area contributed by atoms with Crippen molar-refractivity contribution < 1.29 is 9.53 Å². The van der Waals surface area contributed by atoms with E-state index in [-0.39, 0.29) is 23.1 Å². The Morgan fingerprint density at radius 3 is 2.70 bits per heavy atom. The number of rotatable bonds is 7. The third-order valence-electron chi connectivity index (χ3n) is 3.54. The molecule has 0 aliphatic carbocycles. The van der Waals surface area contributed by atoms with Crippen molar-refractivity contribution in [1.82, 2.24) is 15.1 Å². The van der Waals surface area contributed by atoms with Gasteiger partial charge in [0.2, 0.25) is 0 Å². The Morgan fingerprint density at radius 1 is 1.26 bits per heavy atom. The molecule has 0 saturated carbocycles. The van der Waals surface area contributed by atoms with Crippen molar-refractivity contribution in [2.75, 3.05) is 20.3 Å². The highest BCUT2D eigenvalue weighted by molar-refractivity contribution is 5.92. The highest BCUT2D eigenvalue weighted by Crippen LogP contribution is 2.13. The first kappa shape index (κ1) is 16.9. The van der Waals surface area contributed by atoms with Gasteiger partial charge < -0.3 is 10.1 Å². The van der Waals surface area contributed by atoms with E-state index in [0.717, 1.165) is 5.56 Å². The molecule has 0 aliphatic heterocycles. The second-order valence-electron chi connectivity index (χ2n) is 5.29. The highest BCUT2D eigenvalue weighted by Gasteiger charge is 2.12. The molecule has 6 heteroatoms. The summed E-state index contributed by atoms with van der Waals surface area (Å²) in [5.74, 6) is -0.0986. The van der Waals surface area contributed by atoms with Crippen LogP contribution >= 0.6 is 0 Å². The normalized spacial score (nSPS) is 11.9. The molecule has 1 heterocycles. The van der Waals surface area contributed by atoms with Crippen molar-refractivity contribution in [3.8, 4) is 0 Å². The number of amides is 1. The minimum atomic E-state index is -0.293. The lowest BCUT2D eigenvalue weighted by molar-refractivity contribution is 0.0943. The highest BCUT2D eigenvalue weighted by atomic mass is 16.5. The van der Waals surface area contributed by atoms with Gasteiger partial charge in [0.05, 0.1) is 13.2 Å². The van der Waals surface area contributed by atoms with E-state index in [4.69, 9.17) is 4.74 Å². The molecular weight excluding hydrogens is 294 g/mol. The largest absolute Gasteiger partial charge is 0.383 e. The number of hydrogen-bond donors (Lipinski definition) is 1. The quantitative estimate of drug-likeness (QED) is 0.839. The number of hydrogen-bond acceptors (Lipinski definition) is 4. The molecule has 122 valence electrons. The molecule has 1 atom stereocenters. The lowest BCUT2D eigenvalue weighted by Gasteiger charge is -2.13. The van der Waals surface area contributed by atoms with Crippen molar-refractivity contribution in [1.29, 1.82) is 0 Å². The Kier molecular flexibility index (Phi) is 6.05. The summed E-state index contributed by atoms with van der Waals surface area (Å²) in [5.41, 5.74) is 1.13. The summed E-state index contributed by atoms with van der Waals surface area (Å²) in [6.07, 6.45) is 0. The van der Waals surface area contributed by atoms with Crippen molar-refractivity contribution in [2.24, 2.45) is 0 Å². The van der Waals surface area contributed by atoms with Gasteiger partial charge in [0.15, 0.2) is 0 Å². The summed E-state index contributed by atoms with van der Waals surface area (Å²) >= 11 is 0. The van der Waals surface area contributed by atoms with Crippen molar-refractivity contribution in [2.45, 2.75) is 19.4 Å². The van der Waals surface area contributed by atoms with Crippen molar-refractivity contribution in [3.63, 3.8) is 0 Å². The second kappa shape index (κ2) is 8.24. The molecule has 0 unspecified atom stereocenters. The van der Waals surface area contributed by atoms with Gasteiger partial charge in [-0.2, -0.15) is 5.10 Å². The van der Waals surface area contributed by atoms with Crippen LogP contribution < -0.4 is 10.9 Å². The summed E-state index contributed by atoms with van der Waals surface area (Å²) in [6.45, 7) is 3.23. The maximum Gasteiger partial charge on any atom is 0.271 e. The standard InChI is InChI=1S/C17H21N3O3/c1-13(14-6-4-3-5-7-14)12-18-17(22)15-8-9-16(21)20(19-15)10-11-23-2/h3-9,13H,10-12H2,1-2H3,(H,18,22)/t13-/m1/s1. The smallest absolute Gasteiger partial charge is 0.271 e. The second-order valence-corrected chi connectivity index (χ2v) is 5.29. The van der Waals surface area contributed by atoms with Gasteiger partial charge in [-0.3, -0.25) is 9.59 Å². The van der Waals surface area contributed by atoms with Crippen LogP contribution in [-0.2, 0) is 11.3 Å². The summed E-state index contributed by atoms with van der Waals surface area (Å²) in [4.78, 5) is 23.9. The Labute approximate surface area is 135 Å². The Balaban J connectivity index is 1.99. The molecule has 0 saturated heterocycles. The first-order valence-corrected chi connectivity index (χ1v) is 7.52. The van der Waals surface area contributed by atoms with E-state index < -0.39 is 0 Å².